The molecule has 0 amide bonds. The molecule has 0 spiro atoms. The summed E-state index contributed by atoms with van der Waals surface area (Å²) in [5.74, 6) is 0.955. The van der Waals surface area contributed by atoms with Crippen LogP contribution < -0.4 is 17.3 Å². The monoisotopic (exact) mass is 237 g/mol. The molecule has 2 nitrogen and oxygen atoms in total. The average Bonchev–Trinajstić information content (AvgIpc) is 2.16. The summed E-state index contributed by atoms with van der Waals surface area (Å²) in [5, 5.41) is 1.19. The van der Waals surface area contributed by atoms with E-state index < -0.39 is 0 Å². The Bertz CT molecular complexity index is 509. The van der Waals surface area contributed by atoms with Crippen molar-refractivity contribution in [3.63, 3.8) is 0 Å². The van der Waals surface area contributed by atoms with Crippen molar-refractivity contribution in [1.29, 1.82) is 0 Å². The summed E-state index contributed by atoms with van der Waals surface area (Å²) >= 11 is 0. The van der Waals surface area contributed by atoms with Crippen LogP contribution in [0.1, 0.15) is 11.3 Å². The van der Waals surface area contributed by atoms with E-state index in [0.717, 1.165) is 17.0 Å². The van der Waals surface area contributed by atoms with Gasteiger partial charge in [-0.2, -0.15) is 0 Å². The summed E-state index contributed by atoms with van der Waals surface area (Å²) in [6, 6.07) is 8.37. The maximum atomic E-state index is 5.71. The molecular weight excluding hydrogens is 222 g/mol. The quantitative estimate of drug-likeness (QED) is 0.667. The lowest BCUT2D eigenvalue weighted by molar-refractivity contribution is -0.00000387. The molecule has 0 atom stereocenters. The smallest absolute Gasteiger partial charge is 0.362 e. The van der Waals surface area contributed by atoms with Crippen LogP contribution in [0.15, 0.2) is 28.7 Å². The topological polar surface area (TPSA) is 14.5 Å². The zero-order valence-corrected chi connectivity index (χ0v) is 10.8. The summed E-state index contributed by atoms with van der Waals surface area (Å²) in [6.45, 7) is 4.09. The molecule has 1 aromatic heterocycles. The number of aryl methyl sites for hydroxylation is 2. The van der Waals surface area contributed by atoms with E-state index in [-0.39, 0.29) is 12.4 Å². The maximum Gasteiger partial charge on any atom is 0.362 e. The van der Waals surface area contributed by atoms with Crippen molar-refractivity contribution in [2.75, 3.05) is 19.0 Å². The van der Waals surface area contributed by atoms with Gasteiger partial charge in [-0.25, -0.2) is 4.42 Å². The third-order valence-electron chi connectivity index (χ3n) is 2.60. The van der Waals surface area contributed by atoms with Crippen LogP contribution in [0.4, 0.5) is 5.69 Å². The number of rotatable bonds is 1. The third kappa shape index (κ3) is 2.27. The predicted molar refractivity (Wildman–Crippen MR) is 64.4 cm³/mol. The first-order chi connectivity index (χ1) is 7.08. The van der Waals surface area contributed by atoms with Crippen LogP contribution in [0.25, 0.3) is 11.0 Å². The van der Waals surface area contributed by atoms with E-state index in [1.807, 2.05) is 21.0 Å². The number of fused-ring (bicyclic) bond motifs is 1. The highest BCUT2D eigenvalue weighted by atomic mass is 35.5. The van der Waals surface area contributed by atoms with Crippen LogP contribution in [0.3, 0.4) is 0 Å². The number of anilines is 1. The molecule has 0 unspecified atom stereocenters. The van der Waals surface area contributed by atoms with Gasteiger partial charge in [0, 0.05) is 25.8 Å². The van der Waals surface area contributed by atoms with Gasteiger partial charge >= 0.3 is 11.3 Å². The molecule has 0 N–H and O–H groups in total. The fourth-order valence-corrected chi connectivity index (χ4v) is 1.78. The molecule has 0 radical (unpaired) electrons. The molecule has 2 aromatic rings. The molecule has 1 heterocycles. The highest BCUT2D eigenvalue weighted by molar-refractivity contribution is 5.83. The lowest BCUT2D eigenvalue weighted by Crippen LogP contribution is -3.00. The van der Waals surface area contributed by atoms with Crippen LogP contribution in [0.2, 0.25) is 0 Å². The lowest BCUT2D eigenvalue weighted by Gasteiger charge is -2.10. The fourth-order valence-electron chi connectivity index (χ4n) is 1.78. The average molecular weight is 238 g/mol. The van der Waals surface area contributed by atoms with Gasteiger partial charge in [-0.3, -0.25) is 0 Å². The molecule has 16 heavy (non-hydrogen) atoms. The van der Waals surface area contributed by atoms with Crippen LogP contribution in [-0.2, 0) is 0 Å². The predicted octanol–water partition coefficient (Wildman–Crippen LogP) is 0.401. The summed E-state index contributed by atoms with van der Waals surface area (Å²) in [4.78, 5) is 2.08. The molecule has 1 aromatic carbocycles. The molecule has 0 fully saturated rings. The van der Waals surface area contributed by atoms with Gasteiger partial charge in [0.2, 0.25) is 0 Å². The van der Waals surface area contributed by atoms with Crippen molar-refractivity contribution >= 4 is 16.7 Å². The summed E-state index contributed by atoms with van der Waals surface area (Å²) < 4.78 is 5.71. The number of halogens is 1. The van der Waals surface area contributed by atoms with E-state index in [4.69, 9.17) is 4.42 Å². The van der Waals surface area contributed by atoms with Gasteiger partial charge in [0.25, 0.3) is 0 Å². The number of benzene rings is 1. The molecule has 0 aliphatic heterocycles. The normalized spacial score (nSPS) is 10.0. The SMILES string of the molecule is Cc1cc(C)c2ccc(N(C)C)cc2[o+]1.[Cl-]. The Balaban J connectivity index is 0.00000128. The molecule has 86 valence electrons. The molecule has 0 bridgehead atoms. The minimum absolute atomic E-state index is 0. The Morgan fingerprint density at radius 3 is 2.38 bits per heavy atom. The number of nitrogens with zero attached hydrogens (tertiary/aromatic N) is 1. The highest BCUT2D eigenvalue weighted by Crippen LogP contribution is 2.24. The van der Waals surface area contributed by atoms with Crippen molar-refractivity contribution < 1.29 is 16.8 Å². The van der Waals surface area contributed by atoms with Crippen LogP contribution >= 0.6 is 0 Å². The summed E-state index contributed by atoms with van der Waals surface area (Å²) in [7, 11) is 4.06. The van der Waals surface area contributed by atoms with Gasteiger partial charge in [-0.15, -0.1) is 0 Å². The van der Waals surface area contributed by atoms with Crippen LogP contribution in [-0.4, -0.2) is 14.1 Å². The van der Waals surface area contributed by atoms with E-state index in [2.05, 4.69) is 36.1 Å². The van der Waals surface area contributed by atoms with Crippen molar-refractivity contribution in [3.05, 3.63) is 35.6 Å². The molecule has 2 rings (SSSR count). The van der Waals surface area contributed by atoms with E-state index >= 15 is 0 Å². The Morgan fingerprint density at radius 1 is 1.06 bits per heavy atom. The largest absolute Gasteiger partial charge is 1.00 e. The molecule has 3 heteroatoms. The van der Waals surface area contributed by atoms with Gasteiger partial charge < -0.3 is 17.3 Å². The minimum Gasteiger partial charge on any atom is -1.00 e. The molecule has 0 aliphatic rings. The van der Waals surface area contributed by atoms with Crippen molar-refractivity contribution in [2.24, 2.45) is 0 Å². The van der Waals surface area contributed by atoms with Gasteiger partial charge in [-0.1, -0.05) is 0 Å². The Morgan fingerprint density at radius 2 is 1.75 bits per heavy atom. The van der Waals surface area contributed by atoms with Crippen molar-refractivity contribution in [1.82, 2.24) is 0 Å². The molecule has 0 saturated carbocycles. The summed E-state index contributed by atoms with van der Waals surface area (Å²) in [6.07, 6.45) is 0. The summed E-state index contributed by atoms with van der Waals surface area (Å²) in [5.41, 5.74) is 3.38. The van der Waals surface area contributed by atoms with E-state index in [9.17, 15) is 0 Å². The Labute approximate surface area is 102 Å². The van der Waals surface area contributed by atoms with E-state index in [0.29, 0.717) is 0 Å². The van der Waals surface area contributed by atoms with Gasteiger partial charge in [0.05, 0.1) is 18.4 Å². The molecule has 0 aliphatic carbocycles. The second kappa shape index (κ2) is 4.71. The minimum atomic E-state index is 0. The van der Waals surface area contributed by atoms with Gasteiger partial charge in [-0.05, 0) is 24.6 Å². The first-order valence-electron chi connectivity index (χ1n) is 5.09. The second-order valence-electron chi connectivity index (χ2n) is 4.11. The lowest BCUT2D eigenvalue weighted by atomic mass is 10.1. The van der Waals surface area contributed by atoms with Crippen molar-refractivity contribution in [3.8, 4) is 0 Å². The first-order valence-corrected chi connectivity index (χ1v) is 5.09. The zero-order valence-electron chi connectivity index (χ0n) is 10.0. The third-order valence-corrected chi connectivity index (χ3v) is 2.60. The van der Waals surface area contributed by atoms with Gasteiger partial charge in [0.1, 0.15) is 0 Å². The highest BCUT2D eigenvalue weighted by Gasteiger charge is 2.12. The molecular formula is C13H16ClNO. The molecule has 0 saturated heterocycles. The van der Waals surface area contributed by atoms with Crippen LogP contribution in [0.5, 0.6) is 0 Å². The standard InChI is InChI=1S/C13H16NO.ClH/c1-9-7-10(2)15-13-8-11(14(3)4)5-6-12(9)13;/h5-8H,1-4H3;1H/q+1;/p-1. The van der Waals surface area contributed by atoms with Gasteiger partial charge in [0.15, 0.2) is 0 Å². The number of hydrogen-bond donors (Lipinski definition) is 0. The number of hydrogen-bond acceptors (Lipinski definition) is 1. The Kier molecular flexibility index (Phi) is 3.76. The van der Waals surface area contributed by atoms with E-state index in [1.165, 1.54) is 10.9 Å². The fraction of sp³-hybridized carbons (Fsp3) is 0.308. The maximum absolute atomic E-state index is 5.71. The van der Waals surface area contributed by atoms with Crippen LogP contribution in [0, 0.1) is 13.8 Å². The zero-order chi connectivity index (χ0) is 11.0. The first kappa shape index (κ1) is 12.8. The van der Waals surface area contributed by atoms with Crippen molar-refractivity contribution in [2.45, 2.75) is 13.8 Å². The Hall–Kier alpha value is -1.28. The second-order valence-corrected chi connectivity index (χ2v) is 4.11. The van der Waals surface area contributed by atoms with E-state index in [1.54, 1.807) is 0 Å².